The third-order valence-corrected chi connectivity index (χ3v) is 4.83. The van der Waals surface area contributed by atoms with Gasteiger partial charge < -0.3 is 16.0 Å². The Bertz CT molecular complexity index is 848. The van der Waals surface area contributed by atoms with Crippen LogP contribution in [0.2, 0.25) is 0 Å². The molecule has 0 spiro atoms. The molecule has 9 heteroatoms. The second kappa shape index (κ2) is 8.05. The van der Waals surface area contributed by atoms with Crippen LogP contribution in [0.1, 0.15) is 49.3 Å². The molecule has 1 saturated heterocycles. The Morgan fingerprint density at radius 2 is 2.04 bits per heavy atom. The van der Waals surface area contributed by atoms with E-state index in [0.717, 1.165) is 0 Å². The Hall–Kier alpha value is -2.81. The van der Waals surface area contributed by atoms with Gasteiger partial charge in [-0.1, -0.05) is 5.21 Å². The largest absolute Gasteiger partial charge is 0.355 e. The number of hydrogen-bond acceptors (Lipinski definition) is 5. The van der Waals surface area contributed by atoms with E-state index < -0.39 is 11.4 Å². The van der Waals surface area contributed by atoms with Gasteiger partial charge in [0.25, 0.3) is 5.91 Å². The highest BCUT2D eigenvalue weighted by molar-refractivity contribution is 5.94. The van der Waals surface area contributed by atoms with Gasteiger partial charge in [-0.15, -0.1) is 5.10 Å². The number of benzene rings is 1. The molecule has 2 atom stereocenters. The van der Waals surface area contributed by atoms with Gasteiger partial charge in [0.1, 0.15) is 11.5 Å². The molecule has 0 bridgehead atoms. The van der Waals surface area contributed by atoms with E-state index in [4.69, 9.17) is 0 Å². The molecule has 28 heavy (non-hydrogen) atoms. The van der Waals surface area contributed by atoms with E-state index in [-0.39, 0.29) is 23.9 Å². The fraction of sp³-hybridized carbons (Fsp3) is 0.474. The lowest BCUT2D eigenvalue weighted by Crippen LogP contribution is -2.41. The molecule has 150 valence electrons. The molecule has 0 aliphatic carbocycles. The van der Waals surface area contributed by atoms with E-state index in [1.165, 1.54) is 24.3 Å². The third-order valence-electron chi connectivity index (χ3n) is 4.83. The van der Waals surface area contributed by atoms with Crippen LogP contribution in [-0.2, 0) is 10.3 Å². The zero-order valence-electron chi connectivity index (χ0n) is 16.2. The maximum Gasteiger partial charge on any atom is 0.252 e. The van der Waals surface area contributed by atoms with E-state index in [1.807, 2.05) is 20.8 Å². The highest BCUT2D eigenvalue weighted by Gasteiger charge is 2.33. The van der Waals surface area contributed by atoms with Crippen LogP contribution in [0.3, 0.4) is 0 Å². The number of nitrogens with zero attached hydrogens (tertiary/aromatic N) is 3. The Kier molecular flexibility index (Phi) is 5.73. The van der Waals surface area contributed by atoms with Crippen molar-refractivity contribution in [3.63, 3.8) is 0 Å². The number of nitrogens with one attached hydrogen (secondary N) is 3. The maximum atomic E-state index is 13.0. The molecule has 2 aromatic rings. The number of carbonyl (C=O) groups is 2. The number of rotatable bonds is 6. The summed E-state index contributed by atoms with van der Waals surface area (Å²) in [7, 11) is 0. The lowest BCUT2D eigenvalue weighted by atomic mass is 10.0. The minimum Gasteiger partial charge on any atom is -0.355 e. The predicted octanol–water partition coefficient (Wildman–Crippen LogP) is 1.12. The van der Waals surface area contributed by atoms with Gasteiger partial charge in [0, 0.05) is 18.7 Å². The number of carbonyl (C=O) groups excluding carboxylic acids is 2. The van der Waals surface area contributed by atoms with Crippen molar-refractivity contribution in [1.82, 2.24) is 30.9 Å². The van der Waals surface area contributed by atoms with Crippen LogP contribution in [0.25, 0.3) is 0 Å². The van der Waals surface area contributed by atoms with Gasteiger partial charge in [0.05, 0.1) is 23.8 Å². The standard InChI is InChI=1S/C19H25FN6O2/c1-4-21-18(28)15-9-14(10-22-15)26-11-16(24-25-26)19(2,3)23-17(27)12-5-7-13(20)8-6-12/h5-8,11,14-15,22H,4,9-10H2,1-3H3,(H,21,28)(H,23,27)/t14-,15-/m0/s1. The first kappa shape index (κ1) is 19.9. The average Bonchev–Trinajstić information content (AvgIpc) is 3.32. The molecule has 8 nitrogen and oxygen atoms in total. The van der Waals surface area contributed by atoms with Gasteiger partial charge in [0.15, 0.2) is 0 Å². The van der Waals surface area contributed by atoms with Crippen molar-refractivity contribution in [2.24, 2.45) is 0 Å². The zero-order valence-corrected chi connectivity index (χ0v) is 16.2. The van der Waals surface area contributed by atoms with Crippen molar-refractivity contribution in [3.8, 4) is 0 Å². The summed E-state index contributed by atoms with van der Waals surface area (Å²) in [5, 5.41) is 17.3. The second-order valence-corrected chi connectivity index (χ2v) is 7.41. The van der Waals surface area contributed by atoms with Crippen LogP contribution in [-0.4, -0.2) is 45.9 Å². The number of aromatic nitrogens is 3. The van der Waals surface area contributed by atoms with Gasteiger partial charge in [0.2, 0.25) is 5.91 Å². The Morgan fingerprint density at radius 3 is 2.71 bits per heavy atom. The van der Waals surface area contributed by atoms with E-state index in [9.17, 15) is 14.0 Å². The minimum absolute atomic E-state index is 0.0115. The molecule has 0 saturated carbocycles. The van der Waals surface area contributed by atoms with Crippen LogP contribution < -0.4 is 16.0 Å². The minimum atomic E-state index is -0.769. The summed E-state index contributed by atoms with van der Waals surface area (Å²) in [4.78, 5) is 24.4. The third kappa shape index (κ3) is 4.36. The van der Waals surface area contributed by atoms with Gasteiger partial charge in [-0.25, -0.2) is 9.07 Å². The van der Waals surface area contributed by atoms with Gasteiger partial charge in [-0.2, -0.15) is 0 Å². The number of likely N-dealkylation sites (N-methyl/N-ethyl adjacent to an activating group) is 1. The Balaban J connectivity index is 1.66. The fourth-order valence-corrected chi connectivity index (χ4v) is 3.18. The van der Waals surface area contributed by atoms with Crippen molar-refractivity contribution in [2.45, 2.75) is 44.8 Å². The maximum absolute atomic E-state index is 13.0. The molecule has 0 radical (unpaired) electrons. The predicted molar refractivity (Wildman–Crippen MR) is 101 cm³/mol. The van der Waals surface area contributed by atoms with E-state index in [1.54, 1.807) is 10.9 Å². The molecule has 2 amide bonds. The highest BCUT2D eigenvalue weighted by atomic mass is 19.1. The molecule has 1 aromatic heterocycles. The molecular formula is C19H25FN6O2. The smallest absolute Gasteiger partial charge is 0.252 e. The SMILES string of the molecule is CCNC(=O)[C@@H]1C[C@H](n2cc(C(C)(C)NC(=O)c3ccc(F)cc3)nn2)CN1. The first-order chi connectivity index (χ1) is 13.3. The summed E-state index contributed by atoms with van der Waals surface area (Å²) in [5.74, 6) is -0.731. The molecule has 1 aliphatic heterocycles. The van der Waals surface area contributed by atoms with Crippen molar-refractivity contribution in [2.75, 3.05) is 13.1 Å². The van der Waals surface area contributed by atoms with E-state index in [0.29, 0.717) is 30.8 Å². The quantitative estimate of drug-likeness (QED) is 0.689. The van der Waals surface area contributed by atoms with Gasteiger partial charge in [-0.05, 0) is 51.5 Å². The molecule has 1 aromatic carbocycles. The van der Waals surface area contributed by atoms with Crippen molar-refractivity contribution >= 4 is 11.8 Å². The molecule has 2 heterocycles. The molecular weight excluding hydrogens is 363 g/mol. The van der Waals surface area contributed by atoms with Crippen molar-refractivity contribution in [3.05, 3.63) is 47.5 Å². The zero-order chi connectivity index (χ0) is 20.3. The molecule has 3 N–H and O–H groups in total. The van der Waals surface area contributed by atoms with Crippen LogP contribution in [0.5, 0.6) is 0 Å². The monoisotopic (exact) mass is 388 g/mol. The van der Waals surface area contributed by atoms with Gasteiger partial charge >= 0.3 is 0 Å². The van der Waals surface area contributed by atoms with Crippen molar-refractivity contribution < 1.29 is 14.0 Å². The lowest BCUT2D eigenvalue weighted by molar-refractivity contribution is -0.122. The number of halogens is 1. The van der Waals surface area contributed by atoms with Crippen LogP contribution in [0, 0.1) is 5.82 Å². The van der Waals surface area contributed by atoms with Gasteiger partial charge in [-0.3, -0.25) is 9.59 Å². The normalized spacial score (nSPS) is 19.4. The van der Waals surface area contributed by atoms with Crippen LogP contribution >= 0.6 is 0 Å². The van der Waals surface area contributed by atoms with E-state index in [2.05, 4.69) is 26.3 Å². The Labute approximate surface area is 162 Å². The summed E-state index contributed by atoms with van der Waals surface area (Å²) in [6, 6.07) is 5.13. The van der Waals surface area contributed by atoms with E-state index >= 15 is 0 Å². The number of amides is 2. The summed E-state index contributed by atoms with van der Waals surface area (Å²) >= 11 is 0. The topological polar surface area (TPSA) is 101 Å². The van der Waals surface area contributed by atoms with Crippen molar-refractivity contribution in [1.29, 1.82) is 0 Å². The molecule has 1 fully saturated rings. The highest BCUT2D eigenvalue weighted by Crippen LogP contribution is 2.23. The first-order valence-corrected chi connectivity index (χ1v) is 9.31. The fourth-order valence-electron chi connectivity index (χ4n) is 3.18. The Morgan fingerprint density at radius 1 is 1.32 bits per heavy atom. The lowest BCUT2D eigenvalue weighted by Gasteiger charge is -2.23. The summed E-state index contributed by atoms with van der Waals surface area (Å²) in [6.07, 6.45) is 2.41. The summed E-state index contributed by atoms with van der Waals surface area (Å²) in [5.41, 5.74) is 0.199. The second-order valence-electron chi connectivity index (χ2n) is 7.41. The van der Waals surface area contributed by atoms with Crippen LogP contribution in [0.15, 0.2) is 30.5 Å². The van der Waals surface area contributed by atoms with Crippen LogP contribution in [0.4, 0.5) is 4.39 Å². The molecule has 0 unspecified atom stereocenters. The summed E-state index contributed by atoms with van der Waals surface area (Å²) in [6.45, 7) is 6.75. The average molecular weight is 388 g/mol. The summed E-state index contributed by atoms with van der Waals surface area (Å²) < 4.78 is 14.8. The molecule has 1 aliphatic rings. The molecule has 3 rings (SSSR count). The first-order valence-electron chi connectivity index (χ1n) is 9.31. The number of hydrogen-bond donors (Lipinski definition) is 3.